The summed E-state index contributed by atoms with van der Waals surface area (Å²) in [7, 11) is 0. The van der Waals surface area contributed by atoms with E-state index in [2.05, 4.69) is 31.1 Å². The van der Waals surface area contributed by atoms with Crippen molar-refractivity contribution in [3.05, 3.63) is 30.5 Å². The Balaban J connectivity index is 1.53. The molecular weight excluding hydrogens is 344 g/mol. The molecule has 2 aromatic rings. The van der Waals surface area contributed by atoms with Gasteiger partial charge < -0.3 is 19.9 Å². The summed E-state index contributed by atoms with van der Waals surface area (Å²) in [6.45, 7) is 10.9. The summed E-state index contributed by atoms with van der Waals surface area (Å²) in [5.41, 5.74) is 8.76. The van der Waals surface area contributed by atoms with Crippen LogP contribution in [0.3, 0.4) is 0 Å². The number of anilines is 1. The minimum absolute atomic E-state index is 0.312. The molecule has 0 aliphatic heterocycles. The highest BCUT2D eigenvalue weighted by Crippen LogP contribution is 2.19. The lowest BCUT2D eigenvalue weighted by molar-refractivity contribution is 0.00886. The molecule has 1 aromatic heterocycles. The van der Waals surface area contributed by atoms with Gasteiger partial charge in [0.25, 0.3) is 0 Å². The normalized spacial score (nSPS) is 11.8. The second-order valence-corrected chi connectivity index (χ2v) is 7.61. The van der Waals surface area contributed by atoms with E-state index in [0.717, 1.165) is 30.0 Å². The second kappa shape index (κ2) is 11.0. The Morgan fingerprint density at radius 2 is 1.48 bits per heavy atom. The van der Waals surface area contributed by atoms with Gasteiger partial charge in [-0.3, -0.25) is 0 Å². The van der Waals surface area contributed by atoms with Gasteiger partial charge in [-0.25, -0.2) is 4.68 Å². The summed E-state index contributed by atoms with van der Waals surface area (Å²) in [6, 6.07) is 7.66. The van der Waals surface area contributed by atoms with Gasteiger partial charge in [0.15, 0.2) is 0 Å². The van der Waals surface area contributed by atoms with E-state index in [0.29, 0.717) is 45.0 Å². The molecule has 0 saturated heterocycles. The van der Waals surface area contributed by atoms with Gasteiger partial charge in [-0.05, 0) is 24.0 Å². The Hall–Kier alpha value is -1.96. The molecule has 1 heterocycles. The molecule has 7 nitrogen and oxygen atoms in total. The Labute approximate surface area is 161 Å². The molecule has 0 fully saturated rings. The standard InChI is InChI=1S/C20H32N4O3/c1-20(2,3)8-10-25-12-14-27-15-13-26-11-9-24-19(16-22-23-24)17-4-6-18(21)7-5-17/h4-7,16H,8-15,21H2,1-3H3. The predicted molar refractivity (Wildman–Crippen MR) is 106 cm³/mol. The summed E-state index contributed by atoms with van der Waals surface area (Å²) in [4.78, 5) is 0. The second-order valence-electron chi connectivity index (χ2n) is 7.61. The summed E-state index contributed by atoms with van der Waals surface area (Å²) < 4.78 is 18.5. The van der Waals surface area contributed by atoms with E-state index in [4.69, 9.17) is 19.9 Å². The topological polar surface area (TPSA) is 84.4 Å². The molecule has 0 unspecified atom stereocenters. The van der Waals surface area contributed by atoms with Crippen molar-refractivity contribution >= 4 is 5.69 Å². The number of benzene rings is 1. The number of ether oxygens (including phenoxy) is 3. The number of rotatable bonds is 12. The lowest BCUT2D eigenvalue weighted by Crippen LogP contribution is -2.14. The molecule has 0 aliphatic rings. The zero-order valence-electron chi connectivity index (χ0n) is 16.7. The van der Waals surface area contributed by atoms with Crippen LogP contribution in [0.15, 0.2) is 30.5 Å². The summed E-state index contributed by atoms with van der Waals surface area (Å²) >= 11 is 0. The highest BCUT2D eigenvalue weighted by Gasteiger charge is 2.09. The maximum absolute atomic E-state index is 5.73. The van der Waals surface area contributed by atoms with Crippen molar-refractivity contribution < 1.29 is 14.2 Å². The van der Waals surface area contributed by atoms with Crippen LogP contribution in [0.1, 0.15) is 27.2 Å². The van der Waals surface area contributed by atoms with Crippen molar-refractivity contribution in [2.75, 3.05) is 45.4 Å². The Morgan fingerprint density at radius 3 is 2.11 bits per heavy atom. The predicted octanol–water partition coefficient (Wildman–Crippen LogP) is 3.01. The molecule has 27 heavy (non-hydrogen) atoms. The third-order valence-electron chi connectivity index (χ3n) is 4.01. The summed E-state index contributed by atoms with van der Waals surface area (Å²) in [6.07, 6.45) is 2.80. The first-order chi connectivity index (χ1) is 13.0. The smallest absolute Gasteiger partial charge is 0.0886 e. The summed E-state index contributed by atoms with van der Waals surface area (Å²) in [5.74, 6) is 0. The zero-order valence-corrected chi connectivity index (χ0v) is 16.7. The third kappa shape index (κ3) is 8.51. The Morgan fingerprint density at radius 1 is 0.889 bits per heavy atom. The molecule has 0 atom stereocenters. The summed E-state index contributed by atoms with van der Waals surface area (Å²) in [5, 5.41) is 8.10. The number of nitrogens with two attached hydrogens (primary N) is 1. The van der Waals surface area contributed by atoms with Crippen LogP contribution in [0, 0.1) is 5.41 Å². The van der Waals surface area contributed by atoms with E-state index in [9.17, 15) is 0 Å². The number of aromatic nitrogens is 3. The zero-order chi connectivity index (χ0) is 19.5. The minimum atomic E-state index is 0.312. The first-order valence-corrected chi connectivity index (χ1v) is 9.43. The van der Waals surface area contributed by atoms with Gasteiger partial charge in [0, 0.05) is 17.9 Å². The average molecular weight is 377 g/mol. The van der Waals surface area contributed by atoms with E-state index in [1.165, 1.54) is 0 Å². The van der Waals surface area contributed by atoms with E-state index in [-0.39, 0.29) is 0 Å². The van der Waals surface area contributed by atoms with E-state index >= 15 is 0 Å². The van der Waals surface area contributed by atoms with Crippen molar-refractivity contribution in [3.8, 4) is 11.3 Å². The molecule has 1 aromatic carbocycles. The van der Waals surface area contributed by atoms with E-state index in [1.54, 1.807) is 6.20 Å². The molecule has 0 amide bonds. The quantitative estimate of drug-likeness (QED) is 0.453. The van der Waals surface area contributed by atoms with Gasteiger partial charge in [-0.15, -0.1) is 5.10 Å². The molecule has 0 radical (unpaired) electrons. The average Bonchev–Trinajstić information content (AvgIpc) is 3.08. The molecule has 0 aliphatic carbocycles. The van der Waals surface area contributed by atoms with Crippen LogP contribution in [-0.2, 0) is 20.8 Å². The van der Waals surface area contributed by atoms with Crippen LogP contribution in [0.2, 0.25) is 0 Å². The van der Waals surface area contributed by atoms with Crippen molar-refractivity contribution in [2.24, 2.45) is 5.41 Å². The van der Waals surface area contributed by atoms with Gasteiger partial charge in [-0.1, -0.05) is 38.1 Å². The maximum Gasteiger partial charge on any atom is 0.0886 e. The number of nitrogen functional groups attached to an aromatic ring is 1. The number of hydrogen-bond acceptors (Lipinski definition) is 6. The fourth-order valence-corrected chi connectivity index (χ4v) is 2.37. The van der Waals surface area contributed by atoms with Gasteiger partial charge in [0.2, 0.25) is 0 Å². The lowest BCUT2D eigenvalue weighted by Gasteiger charge is -2.17. The monoisotopic (exact) mass is 376 g/mol. The third-order valence-corrected chi connectivity index (χ3v) is 4.01. The molecule has 150 valence electrons. The molecule has 2 rings (SSSR count). The van der Waals surface area contributed by atoms with Crippen molar-refractivity contribution in [1.29, 1.82) is 0 Å². The Kier molecular flexibility index (Phi) is 8.71. The van der Waals surface area contributed by atoms with Crippen LogP contribution in [0.25, 0.3) is 11.3 Å². The van der Waals surface area contributed by atoms with E-state index < -0.39 is 0 Å². The first kappa shape index (κ1) is 21.3. The molecule has 0 spiro atoms. The maximum atomic E-state index is 5.73. The van der Waals surface area contributed by atoms with Crippen LogP contribution < -0.4 is 5.73 Å². The largest absolute Gasteiger partial charge is 0.399 e. The fourth-order valence-electron chi connectivity index (χ4n) is 2.37. The minimum Gasteiger partial charge on any atom is -0.399 e. The van der Waals surface area contributed by atoms with Gasteiger partial charge in [0.1, 0.15) is 0 Å². The van der Waals surface area contributed by atoms with Crippen LogP contribution in [0.4, 0.5) is 5.69 Å². The van der Waals surface area contributed by atoms with Crippen LogP contribution in [0.5, 0.6) is 0 Å². The molecule has 0 saturated carbocycles. The lowest BCUT2D eigenvalue weighted by atomic mass is 9.93. The SMILES string of the molecule is CC(C)(C)CCOCCOCCOCCn1nncc1-c1ccc(N)cc1. The fraction of sp³-hybridized carbons (Fsp3) is 0.600. The van der Waals surface area contributed by atoms with Gasteiger partial charge >= 0.3 is 0 Å². The van der Waals surface area contributed by atoms with Gasteiger partial charge in [0.05, 0.1) is 51.5 Å². The van der Waals surface area contributed by atoms with Crippen molar-refractivity contribution in [2.45, 2.75) is 33.7 Å². The van der Waals surface area contributed by atoms with Crippen LogP contribution >= 0.6 is 0 Å². The van der Waals surface area contributed by atoms with Gasteiger partial charge in [-0.2, -0.15) is 0 Å². The molecular formula is C20H32N4O3. The van der Waals surface area contributed by atoms with Crippen LogP contribution in [-0.4, -0.2) is 54.6 Å². The number of nitrogens with zero attached hydrogens (tertiary/aromatic N) is 3. The highest BCUT2D eigenvalue weighted by atomic mass is 16.5. The van der Waals surface area contributed by atoms with E-state index in [1.807, 2.05) is 28.9 Å². The van der Waals surface area contributed by atoms with Crippen molar-refractivity contribution in [3.63, 3.8) is 0 Å². The van der Waals surface area contributed by atoms with Crippen molar-refractivity contribution in [1.82, 2.24) is 15.0 Å². The highest BCUT2D eigenvalue weighted by molar-refractivity contribution is 5.61. The molecule has 2 N–H and O–H groups in total. The molecule has 7 heteroatoms. The molecule has 0 bridgehead atoms. The first-order valence-electron chi connectivity index (χ1n) is 9.43. The number of hydrogen-bond donors (Lipinski definition) is 1. The Bertz CT molecular complexity index is 650.